The van der Waals surface area contributed by atoms with Gasteiger partial charge in [0.1, 0.15) is 12.6 Å². The Morgan fingerprint density at radius 3 is 2.18 bits per heavy atom. The topological polar surface area (TPSA) is 86.8 Å². The first-order valence-electron chi connectivity index (χ1n) is 12.1. The van der Waals surface area contributed by atoms with E-state index in [1.807, 2.05) is 44.2 Å². The molecule has 0 aliphatic heterocycles. The molecule has 38 heavy (non-hydrogen) atoms. The second-order valence-electron chi connectivity index (χ2n) is 9.23. The predicted molar refractivity (Wildman–Crippen MR) is 153 cm³/mol. The SMILES string of the molecule is CC(C)NC(=O)[C@@H](Cc1ccccc1)N(Cc1ccccc1Cl)C(=O)CN(c1cccc(Cl)c1)S(C)(=O)=O. The number of benzene rings is 3. The Bertz CT molecular complexity index is 1370. The van der Waals surface area contributed by atoms with E-state index in [0.29, 0.717) is 15.6 Å². The number of hydrogen-bond acceptors (Lipinski definition) is 4. The fraction of sp³-hybridized carbons (Fsp3) is 0.286. The number of rotatable bonds is 11. The lowest BCUT2D eigenvalue weighted by atomic mass is 10.0. The van der Waals surface area contributed by atoms with Crippen LogP contribution in [0, 0.1) is 0 Å². The standard InChI is InChI=1S/C28H31Cl2N3O4S/c1-20(2)31-28(35)26(16-21-10-5-4-6-11-21)32(18-22-12-7-8-15-25(22)30)27(34)19-33(38(3,36)37)24-14-9-13-23(29)17-24/h4-15,17,20,26H,16,18-19H2,1-3H3,(H,31,35)/t26-/m1/s1. The van der Waals surface area contributed by atoms with Gasteiger partial charge in [0.15, 0.2) is 0 Å². The quantitative estimate of drug-likeness (QED) is 0.351. The third-order valence-electron chi connectivity index (χ3n) is 5.78. The van der Waals surface area contributed by atoms with Crippen molar-refractivity contribution >= 4 is 50.7 Å². The Balaban J connectivity index is 2.07. The van der Waals surface area contributed by atoms with Gasteiger partial charge in [-0.05, 0) is 49.2 Å². The first-order chi connectivity index (χ1) is 18.0. The number of carbonyl (C=O) groups is 2. The van der Waals surface area contributed by atoms with Crippen LogP contribution in [0.25, 0.3) is 0 Å². The molecule has 202 valence electrons. The second kappa shape index (κ2) is 13.1. The average Bonchev–Trinajstić information content (AvgIpc) is 2.85. The molecule has 10 heteroatoms. The zero-order valence-electron chi connectivity index (χ0n) is 21.5. The van der Waals surface area contributed by atoms with Crippen molar-refractivity contribution in [2.24, 2.45) is 0 Å². The van der Waals surface area contributed by atoms with Gasteiger partial charge in [-0.25, -0.2) is 8.42 Å². The molecule has 3 aromatic carbocycles. The van der Waals surface area contributed by atoms with E-state index >= 15 is 0 Å². The third kappa shape index (κ3) is 8.21. The maximum atomic E-state index is 14.0. The summed E-state index contributed by atoms with van der Waals surface area (Å²) in [4.78, 5) is 28.8. The summed E-state index contributed by atoms with van der Waals surface area (Å²) in [5.74, 6) is -0.909. The van der Waals surface area contributed by atoms with Crippen LogP contribution in [0.1, 0.15) is 25.0 Å². The van der Waals surface area contributed by atoms with Crippen LogP contribution < -0.4 is 9.62 Å². The Morgan fingerprint density at radius 2 is 1.58 bits per heavy atom. The van der Waals surface area contributed by atoms with Gasteiger partial charge >= 0.3 is 0 Å². The molecule has 0 saturated heterocycles. The molecule has 1 atom stereocenters. The molecule has 0 aromatic heterocycles. The molecule has 0 unspecified atom stereocenters. The smallest absolute Gasteiger partial charge is 0.244 e. The molecule has 0 fully saturated rings. The predicted octanol–water partition coefficient (Wildman–Crippen LogP) is 4.92. The van der Waals surface area contributed by atoms with Crippen LogP contribution in [-0.4, -0.2) is 50.0 Å². The van der Waals surface area contributed by atoms with Gasteiger partial charge in [-0.3, -0.25) is 13.9 Å². The summed E-state index contributed by atoms with van der Waals surface area (Å²) in [6.45, 7) is 3.16. The second-order valence-corrected chi connectivity index (χ2v) is 12.0. The van der Waals surface area contributed by atoms with E-state index in [2.05, 4.69) is 5.32 Å². The van der Waals surface area contributed by atoms with Crippen molar-refractivity contribution in [3.05, 3.63) is 100 Å². The van der Waals surface area contributed by atoms with Crippen LogP contribution in [0.2, 0.25) is 10.0 Å². The van der Waals surface area contributed by atoms with Gasteiger partial charge in [0.05, 0.1) is 11.9 Å². The van der Waals surface area contributed by atoms with Crippen molar-refractivity contribution in [3.63, 3.8) is 0 Å². The van der Waals surface area contributed by atoms with Crippen LogP contribution in [0.15, 0.2) is 78.9 Å². The van der Waals surface area contributed by atoms with Crippen molar-refractivity contribution in [2.75, 3.05) is 17.1 Å². The number of sulfonamides is 1. The van der Waals surface area contributed by atoms with E-state index in [0.717, 1.165) is 16.1 Å². The summed E-state index contributed by atoms with van der Waals surface area (Å²) in [5.41, 5.74) is 1.73. The number of anilines is 1. The largest absolute Gasteiger partial charge is 0.352 e. The van der Waals surface area contributed by atoms with Gasteiger partial charge in [0, 0.05) is 29.1 Å². The maximum Gasteiger partial charge on any atom is 0.244 e. The van der Waals surface area contributed by atoms with E-state index in [9.17, 15) is 18.0 Å². The molecular formula is C28H31Cl2N3O4S. The van der Waals surface area contributed by atoms with Crippen LogP contribution >= 0.6 is 23.2 Å². The molecule has 0 radical (unpaired) electrons. The van der Waals surface area contributed by atoms with Gasteiger partial charge in [0.2, 0.25) is 21.8 Å². The highest BCUT2D eigenvalue weighted by atomic mass is 35.5. The first kappa shape index (κ1) is 29.5. The van der Waals surface area contributed by atoms with Crippen molar-refractivity contribution in [1.82, 2.24) is 10.2 Å². The molecule has 0 saturated carbocycles. The van der Waals surface area contributed by atoms with Crippen molar-refractivity contribution in [1.29, 1.82) is 0 Å². The Hall–Kier alpha value is -3.07. The summed E-state index contributed by atoms with van der Waals surface area (Å²) in [6.07, 6.45) is 1.25. The van der Waals surface area contributed by atoms with E-state index in [-0.39, 0.29) is 30.6 Å². The minimum absolute atomic E-state index is 0.00860. The molecule has 0 heterocycles. The minimum atomic E-state index is -3.87. The highest BCUT2D eigenvalue weighted by Crippen LogP contribution is 2.24. The lowest BCUT2D eigenvalue weighted by Crippen LogP contribution is -2.54. The first-order valence-corrected chi connectivity index (χ1v) is 14.7. The third-order valence-corrected chi connectivity index (χ3v) is 7.52. The highest BCUT2D eigenvalue weighted by molar-refractivity contribution is 7.92. The Kier molecular flexibility index (Phi) is 10.2. The molecule has 3 aromatic rings. The van der Waals surface area contributed by atoms with E-state index in [1.165, 1.54) is 11.0 Å². The molecule has 1 N–H and O–H groups in total. The molecule has 0 aliphatic rings. The van der Waals surface area contributed by atoms with Crippen molar-refractivity contribution in [3.8, 4) is 0 Å². The fourth-order valence-electron chi connectivity index (χ4n) is 3.99. The summed E-state index contributed by atoms with van der Waals surface area (Å²) >= 11 is 12.5. The average molecular weight is 577 g/mol. The lowest BCUT2D eigenvalue weighted by Gasteiger charge is -2.34. The maximum absolute atomic E-state index is 14.0. The summed E-state index contributed by atoms with van der Waals surface area (Å²) < 4.78 is 26.5. The van der Waals surface area contributed by atoms with Crippen LogP contribution in [-0.2, 0) is 32.6 Å². The van der Waals surface area contributed by atoms with E-state index in [4.69, 9.17) is 23.2 Å². The Labute approximate surface area is 234 Å². The molecule has 3 rings (SSSR count). The van der Waals surface area contributed by atoms with Crippen molar-refractivity contribution in [2.45, 2.75) is 38.9 Å². The molecule has 0 bridgehead atoms. The number of halogens is 2. The molecule has 0 spiro atoms. The number of carbonyl (C=O) groups excluding carboxylic acids is 2. The van der Waals surface area contributed by atoms with Gasteiger partial charge in [-0.2, -0.15) is 0 Å². The van der Waals surface area contributed by atoms with Crippen LogP contribution in [0.4, 0.5) is 5.69 Å². The number of amides is 2. The van der Waals surface area contributed by atoms with Gasteiger partial charge < -0.3 is 10.2 Å². The molecule has 0 aliphatic carbocycles. The van der Waals surface area contributed by atoms with Crippen LogP contribution in [0.3, 0.4) is 0 Å². The number of hydrogen-bond donors (Lipinski definition) is 1. The highest BCUT2D eigenvalue weighted by Gasteiger charge is 2.33. The van der Waals surface area contributed by atoms with Crippen molar-refractivity contribution < 1.29 is 18.0 Å². The fourth-order valence-corrected chi connectivity index (χ4v) is 5.21. The normalized spacial score (nSPS) is 12.2. The van der Waals surface area contributed by atoms with E-state index < -0.39 is 28.5 Å². The number of nitrogens with zero attached hydrogens (tertiary/aromatic N) is 2. The number of nitrogens with one attached hydrogen (secondary N) is 1. The summed E-state index contributed by atoms with van der Waals surface area (Å²) in [7, 11) is -3.87. The lowest BCUT2D eigenvalue weighted by molar-refractivity contribution is -0.140. The summed E-state index contributed by atoms with van der Waals surface area (Å²) in [6, 6.07) is 21.5. The van der Waals surface area contributed by atoms with Gasteiger partial charge in [0.25, 0.3) is 0 Å². The minimum Gasteiger partial charge on any atom is -0.352 e. The molecule has 7 nitrogen and oxygen atoms in total. The monoisotopic (exact) mass is 575 g/mol. The molecule has 2 amide bonds. The van der Waals surface area contributed by atoms with Gasteiger partial charge in [-0.1, -0.05) is 77.8 Å². The van der Waals surface area contributed by atoms with E-state index in [1.54, 1.807) is 42.5 Å². The van der Waals surface area contributed by atoms with Crippen LogP contribution in [0.5, 0.6) is 0 Å². The van der Waals surface area contributed by atoms with Gasteiger partial charge in [-0.15, -0.1) is 0 Å². The zero-order valence-corrected chi connectivity index (χ0v) is 23.8. The Morgan fingerprint density at radius 1 is 0.921 bits per heavy atom. The molecular weight excluding hydrogens is 545 g/mol. The zero-order chi connectivity index (χ0) is 27.9. The summed E-state index contributed by atoms with van der Waals surface area (Å²) in [5, 5.41) is 3.67.